The molecule has 9 heteroatoms. The predicted molar refractivity (Wildman–Crippen MR) is 119 cm³/mol. The summed E-state index contributed by atoms with van der Waals surface area (Å²) >= 11 is 2.83. The number of thioether (sulfide) groups is 1. The molecular weight excluding hydrogens is 420 g/mol. The lowest BCUT2D eigenvalue weighted by atomic mass is 10.1. The fourth-order valence-corrected chi connectivity index (χ4v) is 4.90. The van der Waals surface area contributed by atoms with Crippen molar-refractivity contribution < 1.29 is 14.3 Å². The highest BCUT2D eigenvalue weighted by Crippen LogP contribution is 2.33. The van der Waals surface area contributed by atoms with Crippen molar-refractivity contribution in [2.75, 3.05) is 12.1 Å². The minimum Gasteiger partial charge on any atom is -0.454 e. The Bertz CT molecular complexity index is 1070. The van der Waals surface area contributed by atoms with Crippen LogP contribution in [0.1, 0.15) is 23.6 Å². The molecule has 0 radical (unpaired) electrons. The maximum atomic E-state index is 12.5. The number of hydrogen-bond donors (Lipinski definition) is 2. The molecule has 3 aromatic rings. The van der Waals surface area contributed by atoms with Gasteiger partial charge in [0.25, 0.3) is 0 Å². The van der Waals surface area contributed by atoms with Crippen LogP contribution in [0, 0.1) is 13.8 Å². The Morgan fingerprint density at radius 1 is 1.17 bits per heavy atom. The van der Waals surface area contributed by atoms with E-state index < -0.39 is 0 Å². The lowest BCUT2D eigenvalue weighted by Gasteiger charge is -2.10. The van der Waals surface area contributed by atoms with Gasteiger partial charge < -0.3 is 20.1 Å². The number of anilines is 2. The number of nitrogens with zero attached hydrogens (tertiary/aromatic N) is 2. The van der Waals surface area contributed by atoms with E-state index in [2.05, 4.69) is 46.8 Å². The maximum Gasteiger partial charge on any atom is 0.233 e. The van der Waals surface area contributed by atoms with E-state index in [1.54, 1.807) is 0 Å². The van der Waals surface area contributed by atoms with Crippen molar-refractivity contribution in [3.8, 4) is 11.5 Å². The number of aromatic nitrogens is 2. The van der Waals surface area contributed by atoms with Crippen LogP contribution in [0.5, 0.6) is 11.5 Å². The van der Waals surface area contributed by atoms with E-state index in [4.69, 9.17) is 9.47 Å². The summed E-state index contributed by atoms with van der Waals surface area (Å²) in [7, 11) is 0. The van der Waals surface area contributed by atoms with E-state index in [0.29, 0.717) is 17.4 Å². The first-order valence-electron chi connectivity index (χ1n) is 9.48. The summed E-state index contributed by atoms with van der Waals surface area (Å²) < 4.78 is 11.4. The Balaban J connectivity index is 1.30. The van der Waals surface area contributed by atoms with Crippen molar-refractivity contribution in [1.29, 1.82) is 0 Å². The number of carbonyl (C=O) groups excluding carboxylic acids is 1. The van der Waals surface area contributed by atoms with E-state index in [-0.39, 0.29) is 18.0 Å². The second-order valence-corrected chi connectivity index (χ2v) is 9.55. The number of ether oxygens (including phenoxy) is 2. The van der Waals surface area contributed by atoms with Crippen LogP contribution in [-0.4, -0.2) is 28.1 Å². The largest absolute Gasteiger partial charge is 0.454 e. The van der Waals surface area contributed by atoms with Gasteiger partial charge in [-0.3, -0.25) is 4.79 Å². The Morgan fingerprint density at radius 3 is 2.83 bits per heavy atom. The molecule has 30 heavy (non-hydrogen) atoms. The van der Waals surface area contributed by atoms with Crippen molar-refractivity contribution in [2.24, 2.45) is 0 Å². The molecule has 0 aliphatic carbocycles. The van der Waals surface area contributed by atoms with E-state index in [9.17, 15) is 4.79 Å². The summed E-state index contributed by atoms with van der Waals surface area (Å²) in [5.41, 5.74) is 4.33. The molecule has 1 aliphatic heterocycles. The molecule has 2 N–H and O–H groups in total. The first-order chi connectivity index (χ1) is 14.5. The molecule has 7 nitrogen and oxygen atoms in total. The van der Waals surface area contributed by atoms with Crippen LogP contribution in [-0.2, 0) is 11.3 Å². The molecule has 0 bridgehead atoms. The number of hydrogen-bond acceptors (Lipinski definition) is 8. The number of fused-ring (bicyclic) bond motifs is 1. The number of rotatable bonds is 7. The molecule has 0 spiro atoms. The number of benzene rings is 2. The average molecular weight is 443 g/mol. The van der Waals surface area contributed by atoms with E-state index in [0.717, 1.165) is 26.9 Å². The molecule has 4 rings (SSSR count). The van der Waals surface area contributed by atoms with Crippen molar-refractivity contribution >= 4 is 39.8 Å². The Morgan fingerprint density at radius 2 is 2.00 bits per heavy atom. The highest BCUT2D eigenvalue weighted by molar-refractivity contribution is 8.02. The molecule has 1 atom stereocenters. The molecule has 1 amide bonds. The summed E-state index contributed by atoms with van der Waals surface area (Å²) in [6.45, 7) is 6.64. The van der Waals surface area contributed by atoms with Crippen LogP contribution in [0.3, 0.4) is 0 Å². The third-order valence-corrected chi connectivity index (χ3v) is 6.60. The van der Waals surface area contributed by atoms with Gasteiger partial charge in [-0.2, -0.15) is 0 Å². The smallest absolute Gasteiger partial charge is 0.233 e. The van der Waals surface area contributed by atoms with Crippen LogP contribution in [0.15, 0.2) is 40.7 Å². The molecule has 2 heterocycles. The van der Waals surface area contributed by atoms with Gasteiger partial charge in [0.15, 0.2) is 15.8 Å². The van der Waals surface area contributed by atoms with Crippen LogP contribution >= 0.6 is 23.1 Å². The van der Waals surface area contributed by atoms with E-state index in [1.807, 2.05) is 31.2 Å². The molecule has 156 valence electrons. The molecule has 1 aromatic heterocycles. The van der Waals surface area contributed by atoms with Crippen LogP contribution in [0.25, 0.3) is 0 Å². The Kier molecular flexibility index (Phi) is 6.10. The minimum absolute atomic E-state index is 0.0586. The van der Waals surface area contributed by atoms with Gasteiger partial charge in [0.1, 0.15) is 0 Å². The zero-order chi connectivity index (χ0) is 21.1. The van der Waals surface area contributed by atoms with Crippen molar-refractivity contribution in [3.63, 3.8) is 0 Å². The lowest BCUT2D eigenvalue weighted by Crippen LogP contribution is -2.30. The monoisotopic (exact) mass is 442 g/mol. The standard InChI is InChI=1S/C21H22N4O3S2/c1-12-4-6-16(13(2)8-12)23-20-24-25-21(30-20)29-14(3)19(26)22-10-15-5-7-17-18(9-15)28-11-27-17/h4-9,14H,10-11H2,1-3H3,(H,22,26)(H,23,24)/t14-/m1/s1. The van der Waals surface area contributed by atoms with Crippen LogP contribution < -0.4 is 20.1 Å². The molecule has 0 fully saturated rings. The molecule has 1 aliphatic rings. The summed E-state index contributed by atoms with van der Waals surface area (Å²) in [6, 6.07) is 11.9. The second-order valence-electron chi connectivity index (χ2n) is 6.98. The van der Waals surface area contributed by atoms with Gasteiger partial charge in [0.05, 0.1) is 5.25 Å². The lowest BCUT2D eigenvalue weighted by molar-refractivity contribution is -0.120. The van der Waals surface area contributed by atoms with Gasteiger partial charge in [-0.25, -0.2) is 0 Å². The van der Waals surface area contributed by atoms with Gasteiger partial charge in [0, 0.05) is 12.2 Å². The summed E-state index contributed by atoms with van der Waals surface area (Å²) in [4.78, 5) is 12.5. The van der Waals surface area contributed by atoms with E-state index >= 15 is 0 Å². The molecule has 0 saturated carbocycles. The van der Waals surface area contributed by atoms with Gasteiger partial charge in [-0.1, -0.05) is 46.9 Å². The first kappa shape index (κ1) is 20.5. The zero-order valence-corrected chi connectivity index (χ0v) is 18.5. The Labute approximate surface area is 183 Å². The topological polar surface area (TPSA) is 85.4 Å². The normalized spacial score (nSPS) is 13.2. The van der Waals surface area contributed by atoms with Gasteiger partial charge in [0.2, 0.25) is 17.8 Å². The molecule has 0 unspecified atom stereocenters. The predicted octanol–water partition coefficient (Wildman–Crippen LogP) is 4.42. The fraction of sp³-hybridized carbons (Fsp3) is 0.286. The highest BCUT2D eigenvalue weighted by Gasteiger charge is 2.18. The van der Waals surface area contributed by atoms with Crippen LogP contribution in [0.4, 0.5) is 10.8 Å². The number of nitrogens with one attached hydrogen (secondary N) is 2. The third kappa shape index (κ3) is 4.85. The van der Waals surface area contributed by atoms with Crippen molar-refractivity contribution in [1.82, 2.24) is 15.5 Å². The maximum absolute atomic E-state index is 12.5. The minimum atomic E-state index is -0.291. The van der Waals surface area contributed by atoms with Crippen molar-refractivity contribution in [3.05, 3.63) is 53.1 Å². The van der Waals surface area contributed by atoms with Gasteiger partial charge >= 0.3 is 0 Å². The first-order valence-corrected chi connectivity index (χ1v) is 11.2. The zero-order valence-electron chi connectivity index (χ0n) is 16.9. The molecular formula is C21H22N4O3S2. The Hall–Kier alpha value is -2.78. The summed E-state index contributed by atoms with van der Waals surface area (Å²) in [5, 5.41) is 15.1. The van der Waals surface area contributed by atoms with Crippen molar-refractivity contribution in [2.45, 2.75) is 36.9 Å². The molecule has 2 aromatic carbocycles. The highest BCUT2D eigenvalue weighted by atomic mass is 32.2. The number of aryl methyl sites for hydroxylation is 2. The summed E-state index contributed by atoms with van der Waals surface area (Å²) in [5.74, 6) is 1.38. The van der Waals surface area contributed by atoms with E-state index in [1.165, 1.54) is 28.7 Å². The molecule has 0 saturated heterocycles. The second kappa shape index (κ2) is 8.93. The number of amides is 1. The number of carbonyl (C=O) groups is 1. The summed E-state index contributed by atoms with van der Waals surface area (Å²) in [6.07, 6.45) is 0. The quantitative estimate of drug-likeness (QED) is 0.524. The average Bonchev–Trinajstić information content (AvgIpc) is 3.37. The van der Waals surface area contributed by atoms with Crippen LogP contribution in [0.2, 0.25) is 0 Å². The van der Waals surface area contributed by atoms with Gasteiger partial charge in [-0.05, 0) is 50.1 Å². The third-order valence-electron chi connectivity index (χ3n) is 4.58. The van der Waals surface area contributed by atoms with Gasteiger partial charge in [-0.15, -0.1) is 10.2 Å². The fourth-order valence-electron chi connectivity index (χ4n) is 2.97. The SMILES string of the molecule is Cc1ccc(Nc2nnc(S[C@H](C)C(=O)NCc3ccc4c(c3)OCO4)s2)c(C)c1.